The summed E-state index contributed by atoms with van der Waals surface area (Å²) in [6, 6.07) is 10.8. The highest BCUT2D eigenvalue weighted by Gasteiger charge is 2.06. The number of fused-ring (bicyclic) bond motifs is 1. The summed E-state index contributed by atoms with van der Waals surface area (Å²) in [6.45, 7) is 0.260. The van der Waals surface area contributed by atoms with Gasteiger partial charge in [0.1, 0.15) is 11.6 Å². The molecule has 0 atom stereocenters. The fraction of sp³-hybridized carbons (Fsp3) is 0.0625. The van der Waals surface area contributed by atoms with Crippen molar-refractivity contribution in [2.45, 2.75) is 6.54 Å². The Morgan fingerprint density at radius 2 is 1.90 bits per heavy atom. The normalized spacial score (nSPS) is 10.8. The summed E-state index contributed by atoms with van der Waals surface area (Å²) in [5, 5.41) is 4.04. The molecule has 0 aliphatic carbocycles. The Morgan fingerprint density at radius 3 is 2.71 bits per heavy atom. The molecule has 3 N–H and O–H groups in total. The SMILES string of the molecule is Nc1ccc2c(NCc3ccc(F)cc3F)ccnc2c1. The number of benzene rings is 2. The molecular formula is C16H13F2N3. The van der Waals surface area contributed by atoms with Crippen molar-refractivity contribution in [2.75, 3.05) is 11.1 Å². The second-order valence-corrected chi connectivity index (χ2v) is 4.72. The minimum atomic E-state index is -0.582. The Hall–Kier alpha value is -2.69. The molecule has 2 aromatic carbocycles. The van der Waals surface area contributed by atoms with Gasteiger partial charge in [0.15, 0.2) is 0 Å². The van der Waals surface area contributed by atoms with Crippen LogP contribution in [0.5, 0.6) is 0 Å². The average Bonchev–Trinajstić information content (AvgIpc) is 2.46. The molecule has 0 saturated carbocycles. The fourth-order valence-electron chi connectivity index (χ4n) is 2.17. The van der Waals surface area contributed by atoms with Crippen LogP contribution in [-0.2, 0) is 6.54 Å². The molecule has 5 heteroatoms. The lowest BCUT2D eigenvalue weighted by Gasteiger charge is -2.10. The van der Waals surface area contributed by atoms with E-state index in [4.69, 9.17) is 5.73 Å². The number of halogens is 2. The van der Waals surface area contributed by atoms with Gasteiger partial charge in [-0.1, -0.05) is 6.07 Å². The van der Waals surface area contributed by atoms with E-state index in [2.05, 4.69) is 10.3 Å². The molecule has 0 saturated heterocycles. The lowest BCUT2D eigenvalue weighted by Crippen LogP contribution is -2.03. The largest absolute Gasteiger partial charge is 0.399 e. The van der Waals surface area contributed by atoms with Crippen LogP contribution in [0.4, 0.5) is 20.2 Å². The van der Waals surface area contributed by atoms with E-state index in [1.807, 2.05) is 6.07 Å². The maximum Gasteiger partial charge on any atom is 0.131 e. The quantitative estimate of drug-likeness (QED) is 0.721. The highest BCUT2D eigenvalue weighted by Crippen LogP contribution is 2.24. The zero-order chi connectivity index (χ0) is 14.8. The first kappa shape index (κ1) is 13.3. The summed E-state index contributed by atoms with van der Waals surface area (Å²) >= 11 is 0. The number of nitrogens with zero attached hydrogens (tertiary/aromatic N) is 1. The van der Waals surface area contributed by atoms with Gasteiger partial charge in [-0.3, -0.25) is 4.98 Å². The first-order valence-corrected chi connectivity index (χ1v) is 6.45. The van der Waals surface area contributed by atoms with E-state index in [0.717, 1.165) is 22.7 Å². The molecule has 3 aromatic rings. The minimum absolute atomic E-state index is 0.260. The molecule has 21 heavy (non-hydrogen) atoms. The number of anilines is 2. The Balaban J connectivity index is 1.88. The van der Waals surface area contributed by atoms with E-state index in [-0.39, 0.29) is 6.54 Å². The van der Waals surface area contributed by atoms with Crippen molar-refractivity contribution >= 4 is 22.3 Å². The van der Waals surface area contributed by atoms with Gasteiger partial charge in [-0.2, -0.15) is 0 Å². The van der Waals surface area contributed by atoms with Crippen LogP contribution in [0.1, 0.15) is 5.56 Å². The molecule has 106 valence electrons. The summed E-state index contributed by atoms with van der Waals surface area (Å²) in [4.78, 5) is 4.24. The predicted octanol–water partition coefficient (Wildman–Crippen LogP) is 3.71. The van der Waals surface area contributed by atoms with Crippen LogP contribution in [0.2, 0.25) is 0 Å². The molecule has 0 aliphatic heterocycles. The van der Waals surface area contributed by atoms with E-state index in [1.165, 1.54) is 12.1 Å². The van der Waals surface area contributed by atoms with Crippen molar-refractivity contribution in [2.24, 2.45) is 0 Å². The highest BCUT2D eigenvalue weighted by molar-refractivity contribution is 5.92. The monoisotopic (exact) mass is 285 g/mol. The smallest absolute Gasteiger partial charge is 0.131 e. The molecule has 0 spiro atoms. The van der Waals surface area contributed by atoms with Crippen LogP contribution in [0.25, 0.3) is 10.9 Å². The van der Waals surface area contributed by atoms with Gasteiger partial charge in [0.2, 0.25) is 0 Å². The van der Waals surface area contributed by atoms with Crippen LogP contribution in [0, 0.1) is 11.6 Å². The van der Waals surface area contributed by atoms with Crippen molar-refractivity contribution in [1.29, 1.82) is 0 Å². The molecule has 0 fully saturated rings. The Bertz CT molecular complexity index is 803. The van der Waals surface area contributed by atoms with Gasteiger partial charge in [0.25, 0.3) is 0 Å². The zero-order valence-electron chi connectivity index (χ0n) is 11.1. The van der Waals surface area contributed by atoms with Crippen LogP contribution in [0.3, 0.4) is 0 Å². The lowest BCUT2D eigenvalue weighted by molar-refractivity contribution is 0.574. The second kappa shape index (κ2) is 5.36. The van der Waals surface area contributed by atoms with Crippen LogP contribution in [-0.4, -0.2) is 4.98 Å². The van der Waals surface area contributed by atoms with E-state index in [1.54, 1.807) is 24.4 Å². The number of nitrogen functional groups attached to an aromatic ring is 1. The van der Waals surface area contributed by atoms with Crippen LogP contribution < -0.4 is 11.1 Å². The van der Waals surface area contributed by atoms with Crippen LogP contribution >= 0.6 is 0 Å². The lowest BCUT2D eigenvalue weighted by atomic mass is 10.1. The standard InChI is InChI=1S/C16H13F2N3/c17-11-2-1-10(14(18)7-11)9-21-15-5-6-20-16-8-12(19)3-4-13(15)16/h1-8H,9,19H2,(H,20,21). The number of hydrogen-bond acceptors (Lipinski definition) is 3. The molecule has 1 heterocycles. The molecule has 0 unspecified atom stereocenters. The predicted molar refractivity (Wildman–Crippen MR) is 79.8 cm³/mol. The maximum atomic E-state index is 13.6. The summed E-state index contributed by atoms with van der Waals surface area (Å²) in [6.07, 6.45) is 1.66. The Morgan fingerprint density at radius 1 is 1.05 bits per heavy atom. The van der Waals surface area contributed by atoms with Crippen molar-refractivity contribution < 1.29 is 8.78 Å². The van der Waals surface area contributed by atoms with E-state index < -0.39 is 11.6 Å². The Labute approximate surface area is 120 Å². The van der Waals surface area contributed by atoms with E-state index in [0.29, 0.717) is 11.3 Å². The van der Waals surface area contributed by atoms with Gasteiger partial charge in [-0.25, -0.2) is 8.78 Å². The highest BCUT2D eigenvalue weighted by atomic mass is 19.1. The van der Waals surface area contributed by atoms with Crippen molar-refractivity contribution in [1.82, 2.24) is 4.98 Å². The number of aromatic nitrogens is 1. The van der Waals surface area contributed by atoms with Gasteiger partial charge < -0.3 is 11.1 Å². The second-order valence-electron chi connectivity index (χ2n) is 4.72. The number of nitrogens with one attached hydrogen (secondary N) is 1. The molecule has 3 rings (SSSR count). The third kappa shape index (κ3) is 2.76. The first-order chi connectivity index (χ1) is 10.1. The zero-order valence-corrected chi connectivity index (χ0v) is 11.1. The summed E-state index contributed by atoms with van der Waals surface area (Å²) in [5.74, 6) is -1.15. The number of hydrogen-bond donors (Lipinski definition) is 2. The van der Waals surface area contributed by atoms with Crippen molar-refractivity contribution in [3.8, 4) is 0 Å². The molecule has 3 nitrogen and oxygen atoms in total. The maximum absolute atomic E-state index is 13.6. The van der Waals surface area contributed by atoms with Crippen molar-refractivity contribution in [3.05, 3.63) is 65.9 Å². The van der Waals surface area contributed by atoms with Gasteiger partial charge in [0, 0.05) is 41.1 Å². The molecule has 0 aliphatic rings. The number of nitrogens with two attached hydrogens (primary N) is 1. The third-order valence-electron chi connectivity index (χ3n) is 3.25. The topological polar surface area (TPSA) is 50.9 Å². The molecular weight excluding hydrogens is 272 g/mol. The third-order valence-corrected chi connectivity index (χ3v) is 3.25. The van der Waals surface area contributed by atoms with E-state index >= 15 is 0 Å². The van der Waals surface area contributed by atoms with Gasteiger partial charge in [-0.15, -0.1) is 0 Å². The number of pyridine rings is 1. The van der Waals surface area contributed by atoms with E-state index in [9.17, 15) is 8.78 Å². The van der Waals surface area contributed by atoms with Crippen LogP contribution in [0.15, 0.2) is 48.7 Å². The first-order valence-electron chi connectivity index (χ1n) is 6.45. The minimum Gasteiger partial charge on any atom is -0.399 e. The number of rotatable bonds is 3. The van der Waals surface area contributed by atoms with Gasteiger partial charge >= 0.3 is 0 Å². The van der Waals surface area contributed by atoms with Gasteiger partial charge in [0.05, 0.1) is 5.52 Å². The fourth-order valence-corrected chi connectivity index (χ4v) is 2.17. The Kier molecular flexibility index (Phi) is 3.39. The molecule has 1 aromatic heterocycles. The summed E-state index contributed by atoms with van der Waals surface area (Å²) in [5.41, 5.74) is 8.35. The molecule has 0 bridgehead atoms. The van der Waals surface area contributed by atoms with Crippen molar-refractivity contribution in [3.63, 3.8) is 0 Å². The summed E-state index contributed by atoms with van der Waals surface area (Å²) < 4.78 is 26.5. The molecule has 0 radical (unpaired) electrons. The average molecular weight is 285 g/mol. The molecule has 0 amide bonds. The summed E-state index contributed by atoms with van der Waals surface area (Å²) in [7, 11) is 0. The van der Waals surface area contributed by atoms with Gasteiger partial charge in [-0.05, 0) is 30.3 Å².